The third kappa shape index (κ3) is 2.98. The molecule has 2 N–H and O–H groups in total. The van der Waals surface area contributed by atoms with Crippen LogP contribution in [0.3, 0.4) is 0 Å². The van der Waals surface area contributed by atoms with Gasteiger partial charge in [-0.05, 0) is 0 Å². The molecule has 2 aromatic rings. The summed E-state index contributed by atoms with van der Waals surface area (Å²) in [7, 11) is 0. The average molecular weight is 243 g/mol. The number of aromatic nitrogens is 1. The first kappa shape index (κ1) is 11.9. The number of rotatable bonds is 4. The van der Waals surface area contributed by atoms with Gasteiger partial charge in [0, 0.05) is 18.2 Å². The van der Waals surface area contributed by atoms with Crippen LogP contribution in [0.4, 0.5) is 10.6 Å². The molecule has 1 aromatic carbocycles. The smallest absolute Gasteiger partial charge is 0.320 e. The Bertz CT molecular complexity index is 534. The summed E-state index contributed by atoms with van der Waals surface area (Å²) in [6.07, 6.45) is 1.60. The fourth-order valence-electron chi connectivity index (χ4n) is 1.40. The zero-order valence-electron chi connectivity index (χ0n) is 9.72. The van der Waals surface area contributed by atoms with Crippen LogP contribution >= 0.6 is 0 Å². The molecule has 0 unspecified atom stereocenters. The van der Waals surface area contributed by atoms with Gasteiger partial charge in [0.2, 0.25) is 0 Å². The number of hydrogen-bond donors (Lipinski definition) is 2. The zero-order valence-corrected chi connectivity index (χ0v) is 9.72. The first-order valence-corrected chi connectivity index (χ1v) is 5.47. The lowest BCUT2D eigenvalue weighted by atomic mass is 10.2. The minimum absolute atomic E-state index is 0.345. The van der Waals surface area contributed by atoms with Crippen molar-refractivity contribution in [2.75, 3.05) is 11.9 Å². The summed E-state index contributed by atoms with van der Waals surface area (Å²) in [6.45, 7) is 3.90. The molecular formula is C13H13N3O2. The Balaban J connectivity index is 2.02. The standard InChI is InChI=1S/C13H13N3O2/c1-2-8-14-13(17)15-12-9-11(18-16-12)10-6-4-3-5-7-10/h2-7,9H,1,8H2,(H2,14,15,16,17). The third-order valence-corrected chi connectivity index (χ3v) is 2.22. The number of amides is 2. The van der Waals surface area contributed by atoms with Crippen LogP contribution in [0.2, 0.25) is 0 Å². The molecule has 0 aliphatic heterocycles. The minimum Gasteiger partial charge on any atom is -0.354 e. The maximum Gasteiger partial charge on any atom is 0.320 e. The van der Waals surface area contributed by atoms with E-state index in [1.165, 1.54) is 0 Å². The van der Waals surface area contributed by atoms with Crippen LogP contribution in [0, 0.1) is 0 Å². The predicted molar refractivity (Wildman–Crippen MR) is 69.2 cm³/mol. The van der Waals surface area contributed by atoms with Gasteiger partial charge >= 0.3 is 6.03 Å². The number of anilines is 1. The molecule has 2 amide bonds. The van der Waals surface area contributed by atoms with Gasteiger partial charge in [-0.25, -0.2) is 4.79 Å². The Morgan fingerprint density at radius 1 is 1.39 bits per heavy atom. The highest BCUT2D eigenvalue weighted by atomic mass is 16.5. The van der Waals surface area contributed by atoms with Crippen molar-refractivity contribution in [2.24, 2.45) is 0 Å². The molecule has 0 aliphatic carbocycles. The fraction of sp³-hybridized carbons (Fsp3) is 0.0769. The molecule has 1 heterocycles. The quantitative estimate of drug-likeness (QED) is 0.811. The third-order valence-electron chi connectivity index (χ3n) is 2.22. The molecule has 2 rings (SSSR count). The molecule has 92 valence electrons. The summed E-state index contributed by atoms with van der Waals surface area (Å²) >= 11 is 0. The molecule has 5 nitrogen and oxygen atoms in total. The molecule has 0 fully saturated rings. The molecule has 0 bridgehead atoms. The number of urea groups is 1. The summed E-state index contributed by atoms with van der Waals surface area (Å²) in [4.78, 5) is 11.4. The second-order valence-corrected chi connectivity index (χ2v) is 3.57. The maximum absolute atomic E-state index is 11.4. The topological polar surface area (TPSA) is 67.2 Å². The van der Waals surface area contributed by atoms with E-state index < -0.39 is 0 Å². The van der Waals surface area contributed by atoms with Crippen molar-refractivity contribution in [3.05, 3.63) is 49.1 Å². The van der Waals surface area contributed by atoms with Crippen molar-refractivity contribution in [1.82, 2.24) is 10.5 Å². The minimum atomic E-state index is -0.345. The second kappa shape index (κ2) is 5.67. The van der Waals surface area contributed by atoms with Crippen molar-refractivity contribution in [1.29, 1.82) is 0 Å². The van der Waals surface area contributed by atoms with Crippen LogP contribution in [0.5, 0.6) is 0 Å². The summed E-state index contributed by atoms with van der Waals surface area (Å²) in [6, 6.07) is 10.9. The Morgan fingerprint density at radius 2 is 2.17 bits per heavy atom. The van der Waals surface area contributed by atoms with Gasteiger partial charge in [0.1, 0.15) is 0 Å². The van der Waals surface area contributed by atoms with Crippen LogP contribution in [-0.2, 0) is 0 Å². The molecule has 0 aliphatic rings. The molecule has 1 aromatic heterocycles. The monoisotopic (exact) mass is 243 g/mol. The van der Waals surface area contributed by atoms with E-state index in [0.717, 1.165) is 5.56 Å². The molecule has 0 spiro atoms. The highest BCUT2D eigenvalue weighted by Crippen LogP contribution is 2.21. The lowest BCUT2D eigenvalue weighted by Gasteiger charge is -2.00. The molecule has 5 heteroatoms. The molecule has 0 atom stereocenters. The van der Waals surface area contributed by atoms with Crippen molar-refractivity contribution < 1.29 is 9.32 Å². The highest BCUT2D eigenvalue weighted by molar-refractivity contribution is 5.88. The van der Waals surface area contributed by atoms with E-state index in [2.05, 4.69) is 22.4 Å². The molecular weight excluding hydrogens is 230 g/mol. The van der Waals surface area contributed by atoms with E-state index in [4.69, 9.17) is 4.52 Å². The second-order valence-electron chi connectivity index (χ2n) is 3.57. The van der Waals surface area contributed by atoms with E-state index in [1.807, 2.05) is 30.3 Å². The maximum atomic E-state index is 11.4. The summed E-state index contributed by atoms with van der Waals surface area (Å²) < 4.78 is 5.14. The fourth-order valence-corrected chi connectivity index (χ4v) is 1.40. The van der Waals surface area contributed by atoms with Crippen molar-refractivity contribution >= 4 is 11.8 Å². The van der Waals surface area contributed by atoms with E-state index in [1.54, 1.807) is 12.1 Å². The van der Waals surface area contributed by atoms with Crippen LogP contribution < -0.4 is 10.6 Å². The van der Waals surface area contributed by atoms with Gasteiger partial charge in [-0.2, -0.15) is 0 Å². The van der Waals surface area contributed by atoms with Gasteiger partial charge in [-0.1, -0.05) is 41.6 Å². The summed E-state index contributed by atoms with van der Waals surface area (Å²) in [5.74, 6) is 0.977. The summed E-state index contributed by atoms with van der Waals surface area (Å²) in [5, 5.41) is 8.91. The van der Waals surface area contributed by atoms with Gasteiger partial charge in [0.25, 0.3) is 0 Å². The number of benzene rings is 1. The van der Waals surface area contributed by atoms with Gasteiger partial charge in [-0.15, -0.1) is 6.58 Å². The Labute approximate surface area is 104 Å². The van der Waals surface area contributed by atoms with Crippen LogP contribution in [0.25, 0.3) is 11.3 Å². The molecule has 0 saturated carbocycles. The first-order valence-electron chi connectivity index (χ1n) is 5.47. The predicted octanol–water partition coefficient (Wildman–Crippen LogP) is 2.65. The highest BCUT2D eigenvalue weighted by Gasteiger charge is 2.08. The first-order chi connectivity index (χ1) is 8.79. The molecule has 18 heavy (non-hydrogen) atoms. The number of hydrogen-bond acceptors (Lipinski definition) is 3. The van der Waals surface area contributed by atoms with Crippen LogP contribution in [-0.4, -0.2) is 17.7 Å². The van der Waals surface area contributed by atoms with E-state index in [0.29, 0.717) is 18.1 Å². The number of carbonyl (C=O) groups excluding carboxylic acids is 1. The van der Waals surface area contributed by atoms with Crippen molar-refractivity contribution in [3.8, 4) is 11.3 Å². The average Bonchev–Trinajstić information content (AvgIpc) is 2.86. The van der Waals surface area contributed by atoms with E-state index >= 15 is 0 Å². The zero-order chi connectivity index (χ0) is 12.8. The van der Waals surface area contributed by atoms with Crippen molar-refractivity contribution in [2.45, 2.75) is 0 Å². The number of nitrogens with one attached hydrogen (secondary N) is 2. The normalized spacial score (nSPS) is 9.78. The SMILES string of the molecule is C=CCNC(=O)Nc1cc(-c2ccccc2)on1. The lowest BCUT2D eigenvalue weighted by Crippen LogP contribution is -2.28. The van der Waals surface area contributed by atoms with Gasteiger partial charge < -0.3 is 9.84 Å². The Morgan fingerprint density at radius 3 is 2.89 bits per heavy atom. The van der Waals surface area contributed by atoms with Crippen molar-refractivity contribution in [3.63, 3.8) is 0 Å². The van der Waals surface area contributed by atoms with Crippen LogP contribution in [0.1, 0.15) is 0 Å². The van der Waals surface area contributed by atoms with E-state index in [-0.39, 0.29) is 6.03 Å². The lowest BCUT2D eigenvalue weighted by molar-refractivity contribution is 0.253. The number of nitrogens with zero attached hydrogens (tertiary/aromatic N) is 1. The van der Waals surface area contributed by atoms with Gasteiger partial charge in [0.05, 0.1) is 0 Å². The largest absolute Gasteiger partial charge is 0.354 e. The van der Waals surface area contributed by atoms with Gasteiger partial charge in [0.15, 0.2) is 11.6 Å². The summed E-state index contributed by atoms with van der Waals surface area (Å²) in [5.41, 5.74) is 0.907. The Kier molecular flexibility index (Phi) is 3.76. The Hall–Kier alpha value is -2.56. The molecule has 0 radical (unpaired) electrons. The number of carbonyl (C=O) groups is 1. The van der Waals surface area contributed by atoms with Crippen LogP contribution in [0.15, 0.2) is 53.6 Å². The van der Waals surface area contributed by atoms with E-state index in [9.17, 15) is 4.79 Å². The molecule has 0 saturated heterocycles. The van der Waals surface area contributed by atoms with Gasteiger partial charge in [-0.3, -0.25) is 5.32 Å².